The molecule has 1 aliphatic heterocycles. The molecular formula is C7H10N2O5. The number of rotatable bonds is 2. The molecule has 1 saturated heterocycles. The molecule has 14 heavy (non-hydrogen) atoms. The largest absolute Gasteiger partial charge is 0.394 e. The van der Waals surface area contributed by atoms with Crippen LogP contribution in [0, 0.1) is 0 Å². The summed E-state index contributed by atoms with van der Waals surface area (Å²) in [7, 11) is 0. The summed E-state index contributed by atoms with van der Waals surface area (Å²) in [5.41, 5.74) is 0.299. The van der Waals surface area contributed by atoms with Gasteiger partial charge in [0.05, 0.1) is 12.8 Å². The highest BCUT2D eigenvalue weighted by atomic mass is 16.6. The molecule has 0 aromatic carbocycles. The summed E-state index contributed by atoms with van der Waals surface area (Å²) < 4.78 is 9.51. The second-order valence-corrected chi connectivity index (χ2v) is 3.09. The highest BCUT2D eigenvalue weighted by Crippen LogP contribution is 2.31. The average molecular weight is 202 g/mol. The molecule has 7 heteroatoms. The summed E-state index contributed by atoms with van der Waals surface area (Å²) in [5, 5.41) is 34.6. The van der Waals surface area contributed by atoms with E-state index in [4.69, 9.17) is 9.84 Å². The molecular weight excluding hydrogens is 192 g/mol. The fraction of sp³-hybridized carbons (Fsp3) is 0.714. The highest BCUT2D eigenvalue weighted by Gasteiger charge is 2.44. The monoisotopic (exact) mass is 202 g/mol. The van der Waals surface area contributed by atoms with Gasteiger partial charge in [0.15, 0.2) is 0 Å². The molecule has 1 aliphatic rings. The summed E-state index contributed by atoms with van der Waals surface area (Å²) in [5.74, 6) is 0. The third kappa shape index (κ3) is 1.40. The van der Waals surface area contributed by atoms with Crippen molar-refractivity contribution in [1.29, 1.82) is 0 Å². The van der Waals surface area contributed by atoms with E-state index in [2.05, 4.69) is 14.9 Å². The molecule has 1 aromatic heterocycles. The quantitative estimate of drug-likeness (QED) is 0.520. The van der Waals surface area contributed by atoms with Gasteiger partial charge in [0.1, 0.15) is 30.1 Å². The van der Waals surface area contributed by atoms with Crippen molar-refractivity contribution in [2.75, 3.05) is 6.61 Å². The number of aliphatic hydroxyl groups is 3. The van der Waals surface area contributed by atoms with Gasteiger partial charge in [0.25, 0.3) is 0 Å². The molecule has 2 heterocycles. The Morgan fingerprint density at radius 3 is 2.64 bits per heavy atom. The summed E-state index contributed by atoms with van der Waals surface area (Å²) in [6.07, 6.45) is -2.55. The normalized spacial score (nSPS) is 37.6. The van der Waals surface area contributed by atoms with E-state index in [1.807, 2.05) is 0 Å². The van der Waals surface area contributed by atoms with E-state index < -0.39 is 24.4 Å². The van der Waals surface area contributed by atoms with Crippen molar-refractivity contribution in [3.63, 3.8) is 0 Å². The SMILES string of the molecule is OC[C@H]1O[C@@H](c2cnon2)[C@H](O)[C@@H]1O. The third-order valence-corrected chi connectivity index (χ3v) is 2.21. The number of hydrogen-bond donors (Lipinski definition) is 3. The van der Waals surface area contributed by atoms with Crippen LogP contribution in [-0.4, -0.2) is 50.6 Å². The Morgan fingerprint density at radius 2 is 2.14 bits per heavy atom. The first-order valence-electron chi connectivity index (χ1n) is 4.14. The van der Waals surface area contributed by atoms with E-state index in [-0.39, 0.29) is 6.61 Å². The Morgan fingerprint density at radius 1 is 1.36 bits per heavy atom. The van der Waals surface area contributed by atoms with Gasteiger partial charge in [-0.1, -0.05) is 10.3 Å². The Balaban J connectivity index is 2.16. The van der Waals surface area contributed by atoms with Crippen molar-refractivity contribution < 1.29 is 24.7 Å². The minimum atomic E-state index is -1.13. The predicted molar refractivity (Wildman–Crippen MR) is 41.0 cm³/mol. The molecule has 0 amide bonds. The summed E-state index contributed by atoms with van der Waals surface area (Å²) in [6, 6.07) is 0. The van der Waals surface area contributed by atoms with Gasteiger partial charge in [0.2, 0.25) is 0 Å². The van der Waals surface area contributed by atoms with E-state index in [0.717, 1.165) is 0 Å². The second-order valence-electron chi connectivity index (χ2n) is 3.09. The molecule has 7 nitrogen and oxygen atoms in total. The molecule has 0 unspecified atom stereocenters. The number of ether oxygens (including phenoxy) is 1. The lowest BCUT2D eigenvalue weighted by Crippen LogP contribution is -2.32. The van der Waals surface area contributed by atoms with Crippen LogP contribution in [0.5, 0.6) is 0 Å². The zero-order valence-corrected chi connectivity index (χ0v) is 7.15. The standard InChI is InChI=1S/C7H10N2O5/c10-2-4-5(11)6(12)7(13-4)3-1-8-14-9-3/h1,4-7,10-12H,2H2/t4-,5-,6-,7+/m1/s1. The first-order chi connectivity index (χ1) is 6.74. The molecule has 78 valence electrons. The second kappa shape index (κ2) is 3.62. The Hall–Kier alpha value is -1.02. The fourth-order valence-corrected chi connectivity index (χ4v) is 1.44. The smallest absolute Gasteiger partial charge is 0.136 e. The lowest BCUT2D eigenvalue weighted by molar-refractivity contribution is -0.0247. The van der Waals surface area contributed by atoms with E-state index in [1.165, 1.54) is 6.20 Å². The third-order valence-electron chi connectivity index (χ3n) is 2.21. The fourth-order valence-electron chi connectivity index (χ4n) is 1.44. The molecule has 0 bridgehead atoms. The van der Waals surface area contributed by atoms with Gasteiger partial charge in [-0.25, -0.2) is 4.63 Å². The summed E-state index contributed by atoms with van der Waals surface area (Å²) in [6.45, 7) is -0.361. The maximum Gasteiger partial charge on any atom is 0.136 e. The average Bonchev–Trinajstić information content (AvgIpc) is 2.78. The highest BCUT2D eigenvalue weighted by molar-refractivity contribution is 5.05. The van der Waals surface area contributed by atoms with Crippen LogP contribution in [0.2, 0.25) is 0 Å². The summed E-state index contributed by atoms with van der Waals surface area (Å²) >= 11 is 0. The Kier molecular flexibility index (Phi) is 2.46. The molecule has 1 fully saturated rings. The van der Waals surface area contributed by atoms with Crippen molar-refractivity contribution >= 4 is 0 Å². The maximum atomic E-state index is 9.54. The van der Waals surface area contributed by atoms with Crippen LogP contribution in [0.15, 0.2) is 10.8 Å². The van der Waals surface area contributed by atoms with Crippen LogP contribution >= 0.6 is 0 Å². The van der Waals surface area contributed by atoms with Gasteiger partial charge in [-0.3, -0.25) is 0 Å². The molecule has 4 atom stereocenters. The number of nitrogens with zero attached hydrogens (tertiary/aromatic N) is 2. The van der Waals surface area contributed by atoms with Crippen molar-refractivity contribution in [3.8, 4) is 0 Å². The molecule has 0 aliphatic carbocycles. The number of aromatic nitrogens is 2. The lowest BCUT2D eigenvalue weighted by atomic mass is 10.1. The predicted octanol–water partition coefficient (Wildman–Crippen LogP) is -1.78. The minimum absolute atomic E-state index is 0.299. The zero-order valence-electron chi connectivity index (χ0n) is 7.15. The van der Waals surface area contributed by atoms with Crippen molar-refractivity contribution in [3.05, 3.63) is 11.9 Å². The lowest BCUT2D eigenvalue weighted by Gasteiger charge is -2.10. The summed E-state index contributed by atoms with van der Waals surface area (Å²) in [4.78, 5) is 0. The molecule has 1 aromatic rings. The van der Waals surface area contributed by atoms with Crippen LogP contribution in [0.4, 0.5) is 0 Å². The van der Waals surface area contributed by atoms with Crippen molar-refractivity contribution in [2.45, 2.75) is 24.4 Å². The van der Waals surface area contributed by atoms with Gasteiger partial charge >= 0.3 is 0 Å². The molecule has 0 spiro atoms. The van der Waals surface area contributed by atoms with Crippen LogP contribution in [-0.2, 0) is 4.74 Å². The van der Waals surface area contributed by atoms with Crippen LogP contribution in [0.1, 0.15) is 11.8 Å². The molecule has 0 saturated carbocycles. The van der Waals surface area contributed by atoms with Crippen molar-refractivity contribution in [2.24, 2.45) is 0 Å². The van der Waals surface area contributed by atoms with E-state index in [0.29, 0.717) is 5.69 Å². The van der Waals surface area contributed by atoms with Crippen LogP contribution in [0.25, 0.3) is 0 Å². The van der Waals surface area contributed by atoms with E-state index >= 15 is 0 Å². The Bertz CT molecular complexity index is 290. The van der Waals surface area contributed by atoms with Crippen LogP contribution in [0.3, 0.4) is 0 Å². The molecule has 0 radical (unpaired) electrons. The van der Waals surface area contributed by atoms with Crippen LogP contribution < -0.4 is 0 Å². The number of hydrogen-bond acceptors (Lipinski definition) is 7. The van der Waals surface area contributed by atoms with Gasteiger partial charge in [-0.05, 0) is 0 Å². The first-order valence-corrected chi connectivity index (χ1v) is 4.14. The first kappa shape index (κ1) is 9.53. The van der Waals surface area contributed by atoms with Crippen molar-refractivity contribution in [1.82, 2.24) is 10.3 Å². The van der Waals surface area contributed by atoms with Gasteiger partial charge in [-0.2, -0.15) is 0 Å². The number of aliphatic hydroxyl groups excluding tert-OH is 3. The molecule has 3 N–H and O–H groups in total. The van der Waals surface area contributed by atoms with Gasteiger partial charge in [0, 0.05) is 0 Å². The Labute approximate surface area is 78.9 Å². The zero-order chi connectivity index (χ0) is 10.1. The topological polar surface area (TPSA) is 109 Å². The maximum absolute atomic E-state index is 9.54. The van der Waals surface area contributed by atoms with Gasteiger partial charge < -0.3 is 20.1 Å². The van der Waals surface area contributed by atoms with E-state index in [1.54, 1.807) is 0 Å². The molecule has 2 rings (SSSR count). The minimum Gasteiger partial charge on any atom is -0.394 e. The van der Waals surface area contributed by atoms with Gasteiger partial charge in [-0.15, -0.1) is 0 Å². The van der Waals surface area contributed by atoms with E-state index in [9.17, 15) is 10.2 Å².